The van der Waals surface area contributed by atoms with Crippen LogP contribution in [0.3, 0.4) is 0 Å². The lowest BCUT2D eigenvalue weighted by molar-refractivity contribution is 0.111. The van der Waals surface area contributed by atoms with Crippen molar-refractivity contribution < 1.29 is 24.2 Å². The van der Waals surface area contributed by atoms with E-state index in [1.54, 1.807) is 13.2 Å². The van der Waals surface area contributed by atoms with Gasteiger partial charge in [-0.3, -0.25) is 14.4 Å². The molecule has 4 aromatic rings. The van der Waals surface area contributed by atoms with E-state index in [0.717, 1.165) is 68.9 Å². The zero-order chi connectivity index (χ0) is 31.1. The first-order valence-electron chi connectivity index (χ1n) is 13.3. The summed E-state index contributed by atoms with van der Waals surface area (Å²) in [5.41, 5.74) is 10.6. The number of aryl methyl sites for hydroxylation is 8. The lowest BCUT2D eigenvalue weighted by Gasteiger charge is -2.04. The first-order chi connectivity index (χ1) is 19.4. The molecule has 0 saturated carbocycles. The van der Waals surface area contributed by atoms with Crippen LogP contribution < -0.4 is 4.74 Å². The summed E-state index contributed by atoms with van der Waals surface area (Å²) in [6, 6.07) is 21.1. The van der Waals surface area contributed by atoms with E-state index in [1.165, 1.54) is 5.56 Å². The normalized spacial score (nSPS) is 9.49. The van der Waals surface area contributed by atoms with Gasteiger partial charge in [-0.1, -0.05) is 66.2 Å². The number of carbonyl (C=O) groups is 3. The van der Waals surface area contributed by atoms with Gasteiger partial charge in [0.05, 0.1) is 12.7 Å². The summed E-state index contributed by atoms with van der Waals surface area (Å²) in [6.07, 6.45) is 2.64. The number of hydrogen-bond acceptors (Lipinski definition) is 5. The number of phenols is 1. The SMILES string of the molecule is COc1cccc(C)c1C=O.Cc1cc(C)c(C=O)c(C)c1.Cc1cccc(C)c1C=O.Cc1cccc(C)c1O. The molecule has 216 valence electrons. The van der Waals surface area contributed by atoms with E-state index in [0.29, 0.717) is 17.1 Å². The molecule has 0 aliphatic heterocycles. The maximum atomic E-state index is 10.6. The van der Waals surface area contributed by atoms with Gasteiger partial charge in [0.2, 0.25) is 0 Å². The van der Waals surface area contributed by atoms with Crippen molar-refractivity contribution in [1.29, 1.82) is 0 Å². The summed E-state index contributed by atoms with van der Waals surface area (Å²) >= 11 is 0. The van der Waals surface area contributed by atoms with Crippen LogP contribution in [0.5, 0.6) is 11.5 Å². The Balaban J connectivity index is 0.000000274. The molecule has 4 rings (SSSR count). The molecule has 0 radical (unpaired) electrons. The lowest BCUT2D eigenvalue weighted by Crippen LogP contribution is -1.92. The molecular formula is C36H42O5. The van der Waals surface area contributed by atoms with Gasteiger partial charge in [-0.05, 0) is 100 Å². The second kappa shape index (κ2) is 17.2. The van der Waals surface area contributed by atoms with Gasteiger partial charge in [0.15, 0.2) is 18.9 Å². The van der Waals surface area contributed by atoms with Gasteiger partial charge in [0.1, 0.15) is 11.5 Å². The average molecular weight is 555 g/mol. The smallest absolute Gasteiger partial charge is 0.154 e. The molecule has 0 aromatic heterocycles. The zero-order valence-corrected chi connectivity index (χ0v) is 25.7. The van der Waals surface area contributed by atoms with Crippen molar-refractivity contribution in [1.82, 2.24) is 0 Å². The number of para-hydroxylation sites is 1. The molecule has 1 N–H and O–H groups in total. The van der Waals surface area contributed by atoms with Crippen molar-refractivity contribution in [2.45, 2.75) is 55.4 Å². The Kier molecular flexibility index (Phi) is 14.5. The molecular weight excluding hydrogens is 512 g/mol. The molecule has 5 nitrogen and oxygen atoms in total. The van der Waals surface area contributed by atoms with E-state index in [9.17, 15) is 19.5 Å². The summed E-state index contributed by atoms with van der Waals surface area (Å²) in [7, 11) is 1.56. The van der Waals surface area contributed by atoms with E-state index in [2.05, 4.69) is 0 Å². The molecule has 0 unspecified atom stereocenters. The largest absolute Gasteiger partial charge is 0.507 e. The van der Waals surface area contributed by atoms with Gasteiger partial charge >= 0.3 is 0 Å². The van der Waals surface area contributed by atoms with Crippen LogP contribution in [0.1, 0.15) is 75.6 Å². The number of carbonyl (C=O) groups excluding carboxylic acids is 3. The summed E-state index contributed by atoms with van der Waals surface area (Å²) in [5, 5.41) is 9.21. The van der Waals surface area contributed by atoms with Gasteiger partial charge < -0.3 is 9.84 Å². The van der Waals surface area contributed by atoms with Gasteiger partial charge in [-0.25, -0.2) is 0 Å². The minimum absolute atomic E-state index is 0.414. The lowest BCUT2D eigenvalue weighted by atomic mass is 10.0. The molecule has 5 heteroatoms. The Morgan fingerprint density at radius 2 is 0.854 bits per heavy atom. The van der Waals surface area contributed by atoms with Crippen LogP contribution in [0, 0.1) is 55.4 Å². The number of ether oxygens (including phenoxy) is 1. The molecule has 0 aliphatic rings. The van der Waals surface area contributed by atoms with Crippen molar-refractivity contribution >= 4 is 18.9 Å². The molecule has 0 amide bonds. The highest BCUT2D eigenvalue weighted by Gasteiger charge is 2.03. The highest BCUT2D eigenvalue weighted by Crippen LogP contribution is 2.20. The predicted molar refractivity (Wildman–Crippen MR) is 168 cm³/mol. The fourth-order valence-electron chi connectivity index (χ4n) is 4.18. The maximum absolute atomic E-state index is 10.6. The van der Waals surface area contributed by atoms with Crippen molar-refractivity contribution in [2.24, 2.45) is 0 Å². The highest BCUT2D eigenvalue weighted by molar-refractivity contribution is 5.81. The number of hydrogen-bond donors (Lipinski definition) is 1. The number of methoxy groups -OCH3 is 1. The van der Waals surface area contributed by atoms with Crippen LogP contribution in [0.4, 0.5) is 0 Å². The summed E-state index contributed by atoms with van der Waals surface area (Å²) in [5.74, 6) is 1.05. The molecule has 0 atom stereocenters. The predicted octanol–water partition coefficient (Wildman–Crippen LogP) is 8.37. The second-order valence-corrected chi connectivity index (χ2v) is 9.90. The highest BCUT2D eigenvalue weighted by atomic mass is 16.5. The van der Waals surface area contributed by atoms with Crippen LogP contribution in [0.25, 0.3) is 0 Å². The standard InChI is InChI=1S/C10H12O.C9H10O2.C9H10O.C8H10O/c1-7-4-8(2)10(6-11)9(3)5-7;1-7-4-3-5-9(11-2)8(7)6-10;1-7-4-3-5-8(2)9(7)6-10;1-6-4-3-5-7(2)8(6)9/h4-6H,1-3H3;3-6H,1-2H3;3-6H,1-2H3;3-5,9H,1-2H3. The number of rotatable bonds is 4. The molecule has 0 heterocycles. The van der Waals surface area contributed by atoms with Gasteiger partial charge in [0.25, 0.3) is 0 Å². The number of phenolic OH excluding ortho intramolecular Hbond substituents is 1. The van der Waals surface area contributed by atoms with Crippen LogP contribution in [0.2, 0.25) is 0 Å². The first kappa shape index (κ1) is 34.5. The molecule has 0 bridgehead atoms. The van der Waals surface area contributed by atoms with Crippen molar-refractivity contribution in [2.75, 3.05) is 7.11 Å². The Morgan fingerprint density at radius 3 is 1.17 bits per heavy atom. The third-order valence-electron chi connectivity index (χ3n) is 6.58. The minimum Gasteiger partial charge on any atom is -0.507 e. The van der Waals surface area contributed by atoms with E-state index in [-0.39, 0.29) is 0 Å². The van der Waals surface area contributed by atoms with Crippen LogP contribution in [-0.2, 0) is 0 Å². The summed E-state index contributed by atoms with van der Waals surface area (Å²) < 4.78 is 4.99. The molecule has 41 heavy (non-hydrogen) atoms. The number of aromatic hydroxyl groups is 1. The molecule has 0 saturated heterocycles. The Labute approximate surface area is 244 Å². The third kappa shape index (κ3) is 10.5. The molecule has 0 aliphatic carbocycles. The van der Waals surface area contributed by atoms with Gasteiger partial charge in [-0.2, -0.15) is 0 Å². The first-order valence-corrected chi connectivity index (χ1v) is 13.3. The van der Waals surface area contributed by atoms with Gasteiger partial charge in [0, 0.05) is 11.1 Å². The minimum atomic E-state index is 0.414. The van der Waals surface area contributed by atoms with E-state index < -0.39 is 0 Å². The van der Waals surface area contributed by atoms with Crippen molar-refractivity contribution in [3.8, 4) is 11.5 Å². The molecule has 0 spiro atoms. The van der Waals surface area contributed by atoms with Crippen LogP contribution >= 0.6 is 0 Å². The topological polar surface area (TPSA) is 80.7 Å². The molecule has 0 fully saturated rings. The second-order valence-electron chi connectivity index (χ2n) is 9.90. The fraction of sp³-hybridized carbons (Fsp3) is 0.250. The number of aldehydes is 3. The molecule has 4 aromatic carbocycles. The quantitative estimate of drug-likeness (QED) is 0.256. The zero-order valence-electron chi connectivity index (χ0n) is 25.7. The van der Waals surface area contributed by atoms with E-state index in [4.69, 9.17) is 4.74 Å². The van der Waals surface area contributed by atoms with Crippen molar-refractivity contribution in [3.05, 3.63) is 128 Å². The van der Waals surface area contributed by atoms with E-state index >= 15 is 0 Å². The Morgan fingerprint density at radius 1 is 0.512 bits per heavy atom. The summed E-state index contributed by atoms with van der Waals surface area (Å²) in [4.78, 5) is 31.5. The van der Waals surface area contributed by atoms with E-state index in [1.807, 2.05) is 116 Å². The monoisotopic (exact) mass is 554 g/mol. The number of benzene rings is 4. The Bertz CT molecular complexity index is 1400. The van der Waals surface area contributed by atoms with Crippen LogP contribution in [-0.4, -0.2) is 31.1 Å². The Hall–Kier alpha value is -4.51. The maximum Gasteiger partial charge on any atom is 0.154 e. The van der Waals surface area contributed by atoms with Crippen LogP contribution in [0.15, 0.2) is 66.7 Å². The van der Waals surface area contributed by atoms with Gasteiger partial charge in [-0.15, -0.1) is 0 Å². The fourth-order valence-corrected chi connectivity index (χ4v) is 4.18. The summed E-state index contributed by atoms with van der Waals surface area (Å²) in [6.45, 7) is 15.5. The third-order valence-corrected chi connectivity index (χ3v) is 6.58. The van der Waals surface area contributed by atoms with Crippen molar-refractivity contribution in [3.63, 3.8) is 0 Å². The average Bonchev–Trinajstić information content (AvgIpc) is 2.92.